The van der Waals surface area contributed by atoms with Gasteiger partial charge in [-0.2, -0.15) is 0 Å². The van der Waals surface area contributed by atoms with Crippen LogP contribution >= 0.6 is 0 Å². The molecule has 1 saturated carbocycles. The quantitative estimate of drug-likeness (QED) is 0.575. The molecule has 2 unspecified atom stereocenters. The van der Waals surface area contributed by atoms with E-state index in [0.717, 1.165) is 30.0 Å². The monoisotopic (exact) mass is 287 g/mol. The average Bonchev–Trinajstić information content (AvgIpc) is 2.88. The first kappa shape index (κ1) is 14.3. The zero-order valence-electron chi connectivity index (χ0n) is 12.7. The van der Waals surface area contributed by atoms with Crippen LogP contribution < -0.4 is 0 Å². The summed E-state index contributed by atoms with van der Waals surface area (Å²) >= 11 is 0. The van der Waals surface area contributed by atoms with Gasteiger partial charge in [-0.3, -0.25) is 0 Å². The topological polar surface area (TPSA) is 21.6 Å². The van der Waals surface area contributed by atoms with Crippen LogP contribution in [0.4, 0.5) is 4.39 Å². The minimum absolute atomic E-state index is 0.180. The number of oxime groups is 1. The van der Waals surface area contributed by atoms with Crippen molar-refractivity contribution in [1.29, 1.82) is 0 Å². The Hall–Kier alpha value is -1.64. The third kappa shape index (κ3) is 2.74. The molecule has 0 amide bonds. The molecule has 0 N–H and O–H groups in total. The first-order valence-corrected chi connectivity index (χ1v) is 7.82. The van der Waals surface area contributed by atoms with Gasteiger partial charge in [0.25, 0.3) is 0 Å². The van der Waals surface area contributed by atoms with E-state index in [9.17, 15) is 4.39 Å². The van der Waals surface area contributed by atoms with Crippen LogP contribution in [0.3, 0.4) is 0 Å². The Morgan fingerprint density at radius 3 is 2.71 bits per heavy atom. The molecule has 0 saturated heterocycles. The number of nitrogens with zero attached hydrogens (tertiary/aromatic N) is 1. The molecular weight excluding hydrogens is 265 g/mol. The maximum atomic E-state index is 13.2. The number of halogens is 1. The molecule has 3 heteroatoms. The first-order valence-electron chi connectivity index (χ1n) is 7.82. The zero-order valence-corrected chi connectivity index (χ0v) is 12.7. The van der Waals surface area contributed by atoms with E-state index in [-0.39, 0.29) is 5.82 Å². The van der Waals surface area contributed by atoms with Crippen molar-refractivity contribution in [2.75, 3.05) is 7.11 Å². The second-order valence-electron chi connectivity index (χ2n) is 6.05. The maximum Gasteiger partial charge on any atom is 0.123 e. The van der Waals surface area contributed by atoms with Crippen molar-refractivity contribution in [1.82, 2.24) is 0 Å². The van der Waals surface area contributed by atoms with Crippen LogP contribution in [0.2, 0.25) is 0 Å². The summed E-state index contributed by atoms with van der Waals surface area (Å²) in [6.07, 6.45) is 5.76. The lowest BCUT2D eigenvalue weighted by Gasteiger charge is -2.27. The summed E-state index contributed by atoms with van der Waals surface area (Å²) in [5.41, 5.74) is 4.91. The van der Waals surface area contributed by atoms with E-state index in [1.165, 1.54) is 30.4 Å². The number of hydrogen-bond acceptors (Lipinski definition) is 2. The number of hydrogen-bond donors (Lipinski definition) is 0. The summed E-state index contributed by atoms with van der Waals surface area (Å²) in [6, 6.07) is 6.90. The number of allylic oxidation sites excluding steroid dienone is 2. The molecule has 2 atom stereocenters. The van der Waals surface area contributed by atoms with Crippen LogP contribution in [0.25, 0.3) is 5.57 Å². The molecule has 0 radical (unpaired) electrons. The Morgan fingerprint density at radius 2 is 2.05 bits per heavy atom. The smallest absolute Gasteiger partial charge is 0.123 e. The molecule has 0 spiro atoms. The Morgan fingerprint density at radius 1 is 1.29 bits per heavy atom. The van der Waals surface area contributed by atoms with Gasteiger partial charge in [0.2, 0.25) is 0 Å². The summed E-state index contributed by atoms with van der Waals surface area (Å²) in [5.74, 6) is 1.19. The second-order valence-corrected chi connectivity index (χ2v) is 6.05. The second kappa shape index (κ2) is 6.00. The van der Waals surface area contributed by atoms with E-state index in [1.807, 2.05) is 12.1 Å². The van der Waals surface area contributed by atoms with Crippen LogP contribution in [0.15, 0.2) is 35.0 Å². The van der Waals surface area contributed by atoms with Crippen molar-refractivity contribution in [3.8, 4) is 0 Å². The van der Waals surface area contributed by atoms with Gasteiger partial charge in [-0.25, -0.2) is 4.39 Å². The molecule has 1 fully saturated rings. The predicted octanol–water partition coefficient (Wildman–Crippen LogP) is 4.81. The molecule has 1 aromatic carbocycles. The highest BCUT2D eigenvalue weighted by atomic mass is 19.1. The summed E-state index contributed by atoms with van der Waals surface area (Å²) in [5, 5.41) is 4.26. The number of fused-ring (bicyclic) bond motifs is 2. The highest BCUT2D eigenvalue weighted by molar-refractivity contribution is 6.06. The summed E-state index contributed by atoms with van der Waals surface area (Å²) < 4.78 is 13.2. The Labute approximate surface area is 125 Å². The highest BCUT2D eigenvalue weighted by Gasteiger charge is 2.36. The van der Waals surface area contributed by atoms with Gasteiger partial charge in [0.1, 0.15) is 12.9 Å². The van der Waals surface area contributed by atoms with Gasteiger partial charge in [0, 0.05) is 0 Å². The molecule has 3 rings (SSSR count). The third-order valence-electron chi connectivity index (χ3n) is 4.81. The van der Waals surface area contributed by atoms with Gasteiger partial charge in [-0.05, 0) is 72.8 Å². The minimum atomic E-state index is -0.180. The molecule has 21 heavy (non-hydrogen) atoms. The molecule has 2 aliphatic carbocycles. The molecule has 112 valence electrons. The van der Waals surface area contributed by atoms with Crippen molar-refractivity contribution < 1.29 is 9.23 Å². The van der Waals surface area contributed by atoms with Crippen molar-refractivity contribution in [2.45, 2.75) is 39.0 Å². The third-order valence-corrected chi connectivity index (χ3v) is 4.81. The van der Waals surface area contributed by atoms with Gasteiger partial charge in [0.05, 0.1) is 5.71 Å². The van der Waals surface area contributed by atoms with Gasteiger partial charge < -0.3 is 4.84 Å². The molecule has 2 bridgehead atoms. The van der Waals surface area contributed by atoms with Gasteiger partial charge in [0.15, 0.2) is 0 Å². The Bertz CT molecular complexity index is 573. The Balaban J connectivity index is 2.09. The van der Waals surface area contributed by atoms with Gasteiger partial charge in [-0.15, -0.1) is 0 Å². The lowest BCUT2D eigenvalue weighted by atomic mass is 9.78. The predicted molar refractivity (Wildman–Crippen MR) is 83.5 cm³/mol. The lowest BCUT2D eigenvalue weighted by molar-refractivity contribution is 0.212. The van der Waals surface area contributed by atoms with E-state index >= 15 is 0 Å². The van der Waals surface area contributed by atoms with Crippen LogP contribution in [-0.2, 0) is 4.84 Å². The van der Waals surface area contributed by atoms with Crippen molar-refractivity contribution in [2.24, 2.45) is 17.0 Å². The van der Waals surface area contributed by atoms with Crippen molar-refractivity contribution in [3.63, 3.8) is 0 Å². The maximum absolute atomic E-state index is 13.2. The molecule has 0 aromatic heterocycles. The van der Waals surface area contributed by atoms with Crippen LogP contribution in [0.1, 0.15) is 44.6 Å². The molecule has 1 aromatic rings. The standard InChI is InChI=1S/C18H22FNO/c1-3-17(20-21-2)18-14-5-4-12(10-14)11-16(18)13-6-8-15(19)9-7-13/h6-9,12,14H,3-5,10-11H2,1-2H3. The van der Waals surface area contributed by atoms with Crippen molar-refractivity contribution in [3.05, 3.63) is 41.2 Å². The average molecular weight is 287 g/mol. The fourth-order valence-corrected chi connectivity index (χ4v) is 3.92. The molecule has 2 nitrogen and oxygen atoms in total. The van der Waals surface area contributed by atoms with Crippen LogP contribution in [0.5, 0.6) is 0 Å². The number of rotatable bonds is 4. The largest absolute Gasteiger partial charge is 0.399 e. The van der Waals surface area contributed by atoms with E-state index in [2.05, 4.69) is 12.1 Å². The summed E-state index contributed by atoms with van der Waals surface area (Å²) in [7, 11) is 1.61. The molecule has 0 heterocycles. The van der Waals surface area contributed by atoms with Crippen molar-refractivity contribution >= 4 is 11.3 Å². The minimum Gasteiger partial charge on any atom is -0.399 e. The molecule has 2 aliphatic rings. The number of benzene rings is 1. The zero-order chi connectivity index (χ0) is 14.8. The normalized spacial score (nSPS) is 25.4. The van der Waals surface area contributed by atoms with E-state index in [0.29, 0.717) is 5.92 Å². The van der Waals surface area contributed by atoms with E-state index in [1.54, 1.807) is 19.2 Å². The Kier molecular flexibility index (Phi) is 4.09. The lowest BCUT2D eigenvalue weighted by Crippen LogP contribution is -2.18. The fraction of sp³-hybridized carbons (Fsp3) is 0.500. The first-order chi connectivity index (χ1) is 10.2. The van der Waals surface area contributed by atoms with Crippen LogP contribution in [0, 0.1) is 17.7 Å². The summed E-state index contributed by atoms with van der Waals surface area (Å²) in [6.45, 7) is 2.12. The summed E-state index contributed by atoms with van der Waals surface area (Å²) in [4.78, 5) is 5.05. The fourth-order valence-electron chi connectivity index (χ4n) is 3.92. The van der Waals surface area contributed by atoms with Gasteiger partial charge in [-0.1, -0.05) is 24.2 Å². The van der Waals surface area contributed by atoms with E-state index < -0.39 is 0 Å². The van der Waals surface area contributed by atoms with E-state index in [4.69, 9.17) is 4.84 Å². The molecule has 0 aliphatic heterocycles. The SMILES string of the molecule is CCC(=NOC)C1=C(c2ccc(F)cc2)CC2CCC1C2. The van der Waals surface area contributed by atoms with Gasteiger partial charge >= 0.3 is 0 Å². The highest BCUT2D eigenvalue weighted by Crippen LogP contribution is 2.49. The molecular formula is C18H22FNO. The van der Waals surface area contributed by atoms with Crippen LogP contribution in [-0.4, -0.2) is 12.8 Å².